The largest absolute Gasteiger partial charge is 0.385 e. The molecule has 3 N–H and O–H groups in total. The van der Waals surface area contributed by atoms with Gasteiger partial charge in [0.2, 0.25) is 5.91 Å². The minimum atomic E-state index is 0.210. The second-order valence-corrected chi connectivity index (χ2v) is 5.39. The van der Waals surface area contributed by atoms with E-state index in [0.717, 1.165) is 58.1 Å². The molecule has 1 fully saturated rings. The lowest BCUT2D eigenvalue weighted by Gasteiger charge is -2.25. The van der Waals surface area contributed by atoms with E-state index in [0.29, 0.717) is 18.4 Å². The predicted octanol–water partition coefficient (Wildman–Crippen LogP) is 1.83. The van der Waals surface area contributed by atoms with Gasteiger partial charge in [0.05, 0.1) is 0 Å². The Kier molecular flexibility index (Phi) is 8.01. The molecule has 0 radical (unpaired) electrons. The Bertz CT molecular complexity index is 226. The molecule has 1 saturated carbocycles. The van der Waals surface area contributed by atoms with Gasteiger partial charge >= 0.3 is 0 Å². The topological polar surface area (TPSA) is 64.3 Å². The summed E-state index contributed by atoms with van der Waals surface area (Å²) in [5, 5.41) is 3.01. The number of ether oxygens (including phenoxy) is 1. The molecule has 0 saturated heterocycles. The van der Waals surface area contributed by atoms with E-state index in [1.165, 1.54) is 0 Å². The molecule has 1 rings (SSSR count). The molecule has 4 nitrogen and oxygen atoms in total. The van der Waals surface area contributed by atoms with Gasteiger partial charge in [-0.2, -0.15) is 0 Å². The van der Waals surface area contributed by atoms with Crippen LogP contribution in [0.5, 0.6) is 0 Å². The summed E-state index contributed by atoms with van der Waals surface area (Å²) in [6, 6.07) is 0.366. The van der Waals surface area contributed by atoms with Gasteiger partial charge in [-0.25, -0.2) is 0 Å². The van der Waals surface area contributed by atoms with Gasteiger partial charge in [0, 0.05) is 32.7 Å². The van der Waals surface area contributed by atoms with Crippen LogP contribution in [0, 0.1) is 5.92 Å². The van der Waals surface area contributed by atoms with Crippen molar-refractivity contribution >= 4 is 5.91 Å². The quantitative estimate of drug-likeness (QED) is 0.651. The first kappa shape index (κ1) is 15.4. The average Bonchev–Trinajstić information content (AvgIpc) is 2.36. The van der Waals surface area contributed by atoms with E-state index >= 15 is 0 Å². The molecule has 18 heavy (non-hydrogen) atoms. The van der Waals surface area contributed by atoms with Crippen LogP contribution in [0.1, 0.15) is 51.4 Å². The molecule has 1 amide bonds. The third-order valence-corrected chi connectivity index (χ3v) is 3.71. The van der Waals surface area contributed by atoms with E-state index < -0.39 is 0 Å². The van der Waals surface area contributed by atoms with Crippen LogP contribution >= 0.6 is 0 Å². The van der Waals surface area contributed by atoms with Crippen molar-refractivity contribution < 1.29 is 9.53 Å². The van der Waals surface area contributed by atoms with Crippen molar-refractivity contribution in [3.05, 3.63) is 0 Å². The number of carbonyl (C=O) groups excluding carboxylic acids is 1. The molecule has 1 aliphatic carbocycles. The van der Waals surface area contributed by atoms with Crippen molar-refractivity contribution in [3.63, 3.8) is 0 Å². The third kappa shape index (κ3) is 6.97. The first-order valence-corrected chi connectivity index (χ1v) is 7.23. The van der Waals surface area contributed by atoms with E-state index in [4.69, 9.17) is 10.5 Å². The van der Waals surface area contributed by atoms with Crippen LogP contribution in [-0.2, 0) is 9.53 Å². The molecule has 0 atom stereocenters. The molecule has 0 unspecified atom stereocenters. The molecule has 0 aromatic carbocycles. The van der Waals surface area contributed by atoms with Gasteiger partial charge in [0.15, 0.2) is 0 Å². The van der Waals surface area contributed by atoms with E-state index in [1.807, 2.05) is 0 Å². The second kappa shape index (κ2) is 9.34. The first-order chi connectivity index (χ1) is 8.72. The van der Waals surface area contributed by atoms with Crippen LogP contribution < -0.4 is 11.1 Å². The van der Waals surface area contributed by atoms with Crippen molar-refractivity contribution in [1.29, 1.82) is 0 Å². The van der Waals surface area contributed by atoms with Gasteiger partial charge < -0.3 is 15.8 Å². The predicted molar refractivity (Wildman–Crippen MR) is 73.3 cm³/mol. The van der Waals surface area contributed by atoms with E-state index in [-0.39, 0.29) is 5.91 Å². The lowest BCUT2D eigenvalue weighted by Crippen LogP contribution is -2.31. The Morgan fingerprint density at radius 2 is 1.94 bits per heavy atom. The average molecular weight is 256 g/mol. The minimum absolute atomic E-state index is 0.210. The zero-order valence-electron chi connectivity index (χ0n) is 11.6. The van der Waals surface area contributed by atoms with Crippen molar-refractivity contribution in [2.75, 3.05) is 20.3 Å². The maximum absolute atomic E-state index is 11.7. The Morgan fingerprint density at radius 1 is 1.22 bits per heavy atom. The fraction of sp³-hybridized carbons (Fsp3) is 0.929. The summed E-state index contributed by atoms with van der Waals surface area (Å²) in [7, 11) is 1.72. The Hall–Kier alpha value is -0.610. The first-order valence-electron chi connectivity index (χ1n) is 7.23. The summed E-state index contributed by atoms with van der Waals surface area (Å²) in [5.41, 5.74) is 5.86. The number of nitrogens with two attached hydrogens (primary N) is 1. The number of unbranched alkanes of at least 4 members (excludes halogenated alkanes) is 2. The lowest BCUT2D eigenvalue weighted by atomic mass is 9.84. The summed E-state index contributed by atoms with van der Waals surface area (Å²) in [4.78, 5) is 11.7. The normalized spacial score (nSPS) is 23.9. The van der Waals surface area contributed by atoms with Gasteiger partial charge in [-0.3, -0.25) is 4.79 Å². The minimum Gasteiger partial charge on any atom is -0.385 e. The van der Waals surface area contributed by atoms with Gasteiger partial charge in [-0.15, -0.1) is 0 Å². The van der Waals surface area contributed by atoms with Crippen molar-refractivity contribution in [3.8, 4) is 0 Å². The van der Waals surface area contributed by atoms with Gasteiger partial charge in [-0.1, -0.05) is 0 Å². The molecule has 0 aromatic heterocycles. The maximum atomic E-state index is 11.7. The van der Waals surface area contributed by atoms with Crippen LogP contribution in [0.3, 0.4) is 0 Å². The highest BCUT2D eigenvalue weighted by atomic mass is 16.5. The fourth-order valence-electron chi connectivity index (χ4n) is 2.50. The standard InChI is InChI=1S/C14H28N2O2/c1-18-10-4-2-3-9-16-14(17)11-12-5-7-13(15)8-6-12/h12-13H,2-11,15H2,1H3,(H,16,17). The summed E-state index contributed by atoms with van der Waals surface area (Å²) in [6.07, 6.45) is 8.31. The van der Waals surface area contributed by atoms with E-state index in [2.05, 4.69) is 5.32 Å². The van der Waals surface area contributed by atoms with Crippen LogP contribution in [0.2, 0.25) is 0 Å². The Labute approximate surface area is 111 Å². The molecular weight excluding hydrogens is 228 g/mol. The number of nitrogens with one attached hydrogen (secondary N) is 1. The fourth-order valence-corrected chi connectivity index (χ4v) is 2.50. The Morgan fingerprint density at radius 3 is 2.61 bits per heavy atom. The highest BCUT2D eigenvalue weighted by Gasteiger charge is 2.20. The van der Waals surface area contributed by atoms with Crippen LogP contribution in [0.25, 0.3) is 0 Å². The van der Waals surface area contributed by atoms with Crippen LogP contribution in [0.15, 0.2) is 0 Å². The third-order valence-electron chi connectivity index (χ3n) is 3.71. The molecule has 4 heteroatoms. The zero-order valence-corrected chi connectivity index (χ0v) is 11.6. The number of carbonyl (C=O) groups is 1. The molecule has 0 spiro atoms. The summed E-state index contributed by atoms with van der Waals surface area (Å²) in [5.74, 6) is 0.764. The highest BCUT2D eigenvalue weighted by molar-refractivity contribution is 5.76. The summed E-state index contributed by atoms with van der Waals surface area (Å²) < 4.78 is 4.98. The second-order valence-electron chi connectivity index (χ2n) is 5.39. The summed E-state index contributed by atoms with van der Waals surface area (Å²) in [6.45, 7) is 1.62. The van der Waals surface area contributed by atoms with Crippen LogP contribution in [0.4, 0.5) is 0 Å². The Balaban J connectivity index is 1.97. The molecule has 0 bridgehead atoms. The molecule has 0 heterocycles. The number of hydrogen-bond donors (Lipinski definition) is 2. The van der Waals surface area contributed by atoms with Crippen molar-refractivity contribution in [1.82, 2.24) is 5.32 Å². The van der Waals surface area contributed by atoms with Gasteiger partial charge in [0.1, 0.15) is 0 Å². The molecular formula is C14H28N2O2. The molecule has 0 aliphatic heterocycles. The zero-order chi connectivity index (χ0) is 13.2. The number of methoxy groups -OCH3 is 1. The van der Waals surface area contributed by atoms with Crippen molar-refractivity contribution in [2.24, 2.45) is 11.7 Å². The SMILES string of the molecule is COCCCCCNC(=O)CC1CCC(N)CC1. The molecule has 0 aromatic rings. The monoisotopic (exact) mass is 256 g/mol. The molecule has 106 valence electrons. The van der Waals surface area contributed by atoms with Crippen LogP contribution in [-0.4, -0.2) is 32.2 Å². The number of amides is 1. The lowest BCUT2D eigenvalue weighted by molar-refractivity contribution is -0.122. The maximum Gasteiger partial charge on any atom is 0.220 e. The van der Waals surface area contributed by atoms with E-state index in [1.54, 1.807) is 7.11 Å². The van der Waals surface area contributed by atoms with Crippen molar-refractivity contribution in [2.45, 2.75) is 57.4 Å². The highest BCUT2D eigenvalue weighted by Crippen LogP contribution is 2.25. The molecule has 1 aliphatic rings. The summed E-state index contributed by atoms with van der Waals surface area (Å²) >= 11 is 0. The smallest absolute Gasteiger partial charge is 0.220 e. The number of rotatable bonds is 8. The van der Waals surface area contributed by atoms with Gasteiger partial charge in [0.25, 0.3) is 0 Å². The number of hydrogen-bond acceptors (Lipinski definition) is 3. The van der Waals surface area contributed by atoms with E-state index in [9.17, 15) is 4.79 Å². The van der Waals surface area contributed by atoms with Gasteiger partial charge in [-0.05, 0) is 50.9 Å².